The predicted octanol–water partition coefficient (Wildman–Crippen LogP) is 0.570. The molecule has 1 saturated heterocycles. The predicted molar refractivity (Wildman–Crippen MR) is 66.1 cm³/mol. The summed E-state index contributed by atoms with van der Waals surface area (Å²) in [5, 5.41) is 3.05. The number of likely N-dealkylation sites (tertiary alicyclic amines) is 1. The quantitative estimate of drug-likeness (QED) is 0.738. The first kappa shape index (κ1) is 13.5. The molecule has 1 heterocycles. The van der Waals surface area contributed by atoms with E-state index < -0.39 is 0 Å². The van der Waals surface area contributed by atoms with Gasteiger partial charge in [0.2, 0.25) is 5.91 Å². The third-order valence-electron chi connectivity index (χ3n) is 3.03. The van der Waals surface area contributed by atoms with Crippen molar-refractivity contribution in [1.82, 2.24) is 10.2 Å². The van der Waals surface area contributed by atoms with Gasteiger partial charge in [-0.3, -0.25) is 4.79 Å². The molecular weight excluding hydrogens is 202 g/mol. The minimum atomic E-state index is -0.354. The second-order valence-electron chi connectivity index (χ2n) is 5.35. The fraction of sp³-hybridized carbons (Fsp3) is 0.917. The number of nitrogens with zero attached hydrogens (tertiary/aromatic N) is 1. The Bertz CT molecular complexity index is 230. The lowest BCUT2D eigenvalue weighted by atomic mass is 10.0. The lowest BCUT2D eigenvalue weighted by Crippen LogP contribution is -2.51. The van der Waals surface area contributed by atoms with E-state index >= 15 is 0 Å². The Morgan fingerprint density at radius 3 is 2.81 bits per heavy atom. The molecular formula is C12H25N3O. The van der Waals surface area contributed by atoms with E-state index in [1.807, 2.05) is 0 Å². The van der Waals surface area contributed by atoms with E-state index in [1.165, 1.54) is 0 Å². The number of carbonyl (C=O) groups excluding carboxylic acids is 1. The van der Waals surface area contributed by atoms with Crippen LogP contribution in [0.4, 0.5) is 0 Å². The first-order valence-corrected chi connectivity index (χ1v) is 6.23. The molecule has 3 N–H and O–H groups in total. The number of hydrogen-bond acceptors (Lipinski definition) is 3. The third-order valence-corrected chi connectivity index (χ3v) is 3.03. The molecule has 4 nitrogen and oxygen atoms in total. The lowest BCUT2D eigenvalue weighted by molar-refractivity contribution is -0.123. The summed E-state index contributed by atoms with van der Waals surface area (Å²) in [6, 6.07) is -0.0725. The molecule has 0 bridgehead atoms. The summed E-state index contributed by atoms with van der Waals surface area (Å²) in [4.78, 5) is 14.1. The summed E-state index contributed by atoms with van der Waals surface area (Å²) in [7, 11) is 2.09. The monoisotopic (exact) mass is 227 g/mol. The molecule has 94 valence electrons. The number of carbonyl (C=O) groups is 1. The summed E-state index contributed by atoms with van der Waals surface area (Å²) in [5.74, 6) is 0.476. The zero-order chi connectivity index (χ0) is 12.1. The molecule has 1 unspecified atom stereocenters. The second kappa shape index (κ2) is 6.21. The van der Waals surface area contributed by atoms with Gasteiger partial charge in [0, 0.05) is 12.6 Å². The number of nitrogens with two attached hydrogens (primary N) is 1. The Morgan fingerprint density at radius 1 is 1.56 bits per heavy atom. The molecule has 0 saturated carbocycles. The molecule has 4 heteroatoms. The number of likely N-dealkylation sites (N-methyl/N-ethyl adjacent to an activating group) is 1. The number of amides is 1. The van der Waals surface area contributed by atoms with Crippen molar-refractivity contribution < 1.29 is 4.79 Å². The SMILES string of the molecule is CC(C)C[C@H](N)C(=O)NC1CCCN(C)C1. The maximum atomic E-state index is 11.8. The Hall–Kier alpha value is -0.610. The van der Waals surface area contributed by atoms with Crippen LogP contribution in [0.5, 0.6) is 0 Å². The first-order chi connectivity index (χ1) is 7.49. The zero-order valence-corrected chi connectivity index (χ0v) is 10.7. The summed E-state index contributed by atoms with van der Waals surface area (Å²) in [6.45, 7) is 6.24. The summed E-state index contributed by atoms with van der Waals surface area (Å²) >= 11 is 0. The van der Waals surface area contributed by atoms with Gasteiger partial charge in [-0.25, -0.2) is 0 Å². The van der Waals surface area contributed by atoms with Crippen molar-refractivity contribution in [3.8, 4) is 0 Å². The van der Waals surface area contributed by atoms with E-state index in [2.05, 4.69) is 31.1 Å². The summed E-state index contributed by atoms with van der Waals surface area (Å²) < 4.78 is 0. The molecule has 0 spiro atoms. The highest BCUT2D eigenvalue weighted by molar-refractivity contribution is 5.81. The van der Waals surface area contributed by atoms with Crippen molar-refractivity contribution in [2.24, 2.45) is 11.7 Å². The van der Waals surface area contributed by atoms with Crippen LogP contribution in [0.1, 0.15) is 33.1 Å². The number of hydrogen-bond donors (Lipinski definition) is 2. The molecule has 0 aromatic heterocycles. The molecule has 0 aromatic rings. The van der Waals surface area contributed by atoms with E-state index in [1.54, 1.807) is 0 Å². The van der Waals surface area contributed by atoms with Crippen molar-refractivity contribution in [3.63, 3.8) is 0 Å². The first-order valence-electron chi connectivity index (χ1n) is 6.23. The van der Waals surface area contributed by atoms with Gasteiger partial charge < -0.3 is 16.0 Å². The lowest BCUT2D eigenvalue weighted by Gasteiger charge is -2.31. The minimum Gasteiger partial charge on any atom is -0.351 e. The molecule has 1 rings (SSSR count). The van der Waals surface area contributed by atoms with Crippen LogP contribution < -0.4 is 11.1 Å². The van der Waals surface area contributed by atoms with Crippen LogP contribution in [-0.4, -0.2) is 43.0 Å². The van der Waals surface area contributed by atoms with Crippen LogP contribution >= 0.6 is 0 Å². The second-order valence-corrected chi connectivity index (χ2v) is 5.35. The summed E-state index contributed by atoms with van der Waals surface area (Å²) in [5.41, 5.74) is 5.84. The van der Waals surface area contributed by atoms with Crippen LogP contribution in [0, 0.1) is 5.92 Å². The van der Waals surface area contributed by atoms with E-state index in [9.17, 15) is 4.79 Å². The van der Waals surface area contributed by atoms with Crippen LogP contribution in [0.25, 0.3) is 0 Å². The van der Waals surface area contributed by atoms with Gasteiger partial charge in [0.05, 0.1) is 6.04 Å². The van der Waals surface area contributed by atoms with Gasteiger partial charge in [-0.15, -0.1) is 0 Å². The molecule has 0 aromatic carbocycles. The largest absolute Gasteiger partial charge is 0.351 e. The van der Waals surface area contributed by atoms with Crippen molar-refractivity contribution in [1.29, 1.82) is 0 Å². The van der Waals surface area contributed by atoms with Crippen molar-refractivity contribution in [2.75, 3.05) is 20.1 Å². The molecule has 0 radical (unpaired) electrons. The van der Waals surface area contributed by atoms with Crippen LogP contribution in [0.15, 0.2) is 0 Å². The van der Waals surface area contributed by atoms with Gasteiger partial charge in [0.15, 0.2) is 0 Å². The van der Waals surface area contributed by atoms with Crippen molar-refractivity contribution >= 4 is 5.91 Å². The molecule has 16 heavy (non-hydrogen) atoms. The smallest absolute Gasteiger partial charge is 0.237 e. The molecule has 1 amide bonds. The van der Waals surface area contributed by atoms with Crippen molar-refractivity contribution in [3.05, 3.63) is 0 Å². The van der Waals surface area contributed by atoms with E-state index in [0.29, 0.717) is 5.92 Å². The topological polar surface area (TPSA) is 58.4 Å². The number of piperidine rings is 1. The van der Waals surface area contributed by atoms with Crippen LogP contribution in [0.3, 0.4) is 0 Å². The number of rotatable bonds is 4. The average Bonchev–Trinajstić information content (AvgIpc) is 2.16. The average molecular weight is 227 g/mol. The van der Waals surface area contributed by atoms with Gasteiger partial charge in [0.1, 0.15) is 0 Å². The van der Waals surface area contributed by atoms with Crippen LogP contribution in [-0.2, 0) is 4.79 Å². The summed E-state index contributed by atoms with van der Waals surface area (Å²) in [6.07, 6.45) is 2.99. The highest BCUT2D eigenvalue weighted by atomic mass is 16.2. The van der Waals surface area contributed by atoms with Gasteiger partial charge in [-0.1, -0.05) is 13.8 Å². The fourth-order valence-corrected chi connectivity index (χ4v) is 2.21. The van der Waals surface area contributed by atoms with Gasteiger partial charge >= 0.3 is 0 Å². The molecule has 1 fully saturated rings. The van der Waals surface area contributed by atoms with E-state index in [-0.39, 0.29) is 18.0 Å². The zero-order valence-electron chi connectivity index (χ0n) is 10.7. The Balaban J connectivity index is 2.32. The maximum absolute atomic E-state index is 11.8. The van der Waals surface area contributed by atoms with E-state index in [4.69, 9.17) is 5.73 Å². The molecule has 2 atom stereocenters. The minimum absolute atomic E-state index is 0.00833. The highest BCUT2D eigenvalue weighted by Crippen LogP contribution is 2.09. The third kappa shape index (κ3) is 4.49. The molecule has 0 aliphatic carbocycles. The maximum Gasteiger partial charge on any atom is 0.237 e. The van der Waals surface area contributed by atoms with Crippen LogP contribution in [0.2, 0.25) is 0 Å². The fourth-order valence-electron chi connectivity index (χ4n) is 2.21. The number of nitrogens with one attached hydrogen (secondary N) is 1. The normalized spacial score (nSPS) is 24.4. The van der Waals surface area contributed by atoms with Gasteiger partial charge in [-0.2, -0.15) is 0 Å². The van der Waals surface area contributed by atoms with Gasteiger partial charge in [-0.05, 0) is 38.8 Å². The Morgan fingerprint density at radius 2 is 2.25 bits per heavy atom. The Labute approximate surface area is 98.6 Å². The molecule has 1 aliphatic heterocycles. The highest BCUT2D eigenvalue weighted by Gasteiger charge is 2.22. The standard InChI is InChI=1S/C12H25N3O/c1-9(2)7-11(13)12(16)14-10-5-4-6-15(3)8-10/h9-11H,4-8,13H2,1-3H3,(H,14,16)/t10?,11-/m0/s1. The Kier molecular flexibility index (Phi) is 5.22. The van der Waals surface area contributed by atoms with Crippen molar-refractivity contribution in [2.45, 2.75) is 45.2 Å². The molecule has 1 aliphatic rings. The van der Waals surface area contributed by atoms with E-state index in [0.717, 1.165) is 32.4 Å². The van der Waals surface area contributed by atoms with Gasteiger partial charge in [0.25, 0.3) is 0 Å².